The van der Waals surface area contributed by atoms with Crippen molar-refractivity contribution in [3.63, 3.8) is 0 Å². The number of para-hydroxylation sites is 1. The number of thiophene rings is 1. The van der Waals surface area contributed by atoms with Gasteiger partial charge in [-0.05, 0) is 43.9 Å². The van der Waals surface area contributed by atoms with Crippen LogP contribution in [0.3, 0.4) is 0 Å². The second-order valence-electron chi connectivity index (χ2n) is 7.27. The lowest BCUT2D eigenvalue weighted by atomic mass is 10.1. The van der Waals surface area contributed by atoms with Crippen LogP contribution in [0, 0.1) is 0 Å². The number of fused-ring (bicyclic) bond motifs is 1. The smallest absolute Gasteiger partial charge is 0.263 e. The molecule has 1 saturated heterocycles. The summed E-state index contributed by atoms with van der Waals surface area (Å²) in [5.74, 6) is -0.277. The first-order valence-corrected chi connectivity index (χ1v) is 11.7. The standard InChI is InChI=1S/C20H22N2O4S2/c1-14(23)16-11-19(27-13-16)20(24)21-9-4-6-17(12-21)28(25,26)22-10-8-15-5-2-3-7-18(15)22/h2-3,5,7,11,13,17H,4,6,8-10,12H2,1H3/t17-/m1/s1. The molecule has 0 aliphatic carbocycles. The number of hydrogen-bond donors (Lipinski definition) is 0. The minimum absolute atomic E-state index is 0.0814. The number of ketones is 1. The van der Waals surface area contributed by atoms with Crippen molar-refractivity contribution in [2.75, 3.05) is 23.9 Å². The van der Waals surface area contributed by atoms with E-state index in [1.807, 2.05) is 24.3 Å². The van der Waals surface area contributed by atoms with E-state index in [9.17, 15) is 18.0 Å². The molecule has 8 heteroatoms. The molecule has 1 fully saturated rings. The molecule has 1 amide bonds. The second kappa shape index (κ2) is 7.33. The molecule has 148 valence electrons. The Bertz CT molecular complexity index is 1030. The van der Waals surface area contributed by atoms with E-state index in [-0.39, 0.29) is 18.2 Å². The molecule has 0 N–H and O–H groups in total. The molecule has 3 heterocycles. The van der Waals surface area contributed by atoms with Crippen LogP contribution in [0.4, 0.5) is 5.69 Å². The maximum Gasteiger partial charge on any atom is 0.263 e. The van der Waals surface area contributed by atoms with Crippen LogP contribution in [0.5, 0.6) is 0 Å². The Morgan fingerprint density at radius 2 is 1.96 bits per heavy atom. The highest BCUT2D eigenvalue weighted by molar-refractivity contribution is 7.93. The predicted molar refractivity (Wildman–Crippen MR) is 110 cm³/mol. The molecule has 1 aromatic carbocycles. The van der Waals surface area contributed by atoms with Crippen LogP contribution in [0.2, 0.25) is 0 Å². The van der Waals surface area contributed by atoms with E-state index in [0.717, 1.165) is 11.3 Å². The number of anilines is 1. The largest absolute Gasteiger partial charge is 0.337 e. The summed E-state index contributed by atoms with van der Waals surface area (Å²) >= 11 is 1.23. The lowest BCUT2D eigenvalue weighted by molar-refractivity contribution is 0.0731. The fraction of sp³-hybridized carbons (Fsp3) is 0.400. The van der Waals surface area contributed by atoms with Crippen LogP contribution in [0.25, 0.3) is 0 Å². The highest BCUT2D eigenvalue weighted by Gasteiger charge is 2.39. The molecule has 6 nitrogen and oxygen atoms in total. The SMILES string of the molecule is CC(=O)c1csc(C(=O)N2CCC[C@@H](S(=O)(=O)N3CCc4ccccc43)C2)c1. The van der Waals surface area contributed by atoms with Gasteiger partial charge in [-0.25, -0.2) is 8.42 Å². The summed E-state index contributed by atoms with van der Waals surface area (Å²) in [4.78, 5) is 26.4. The Kier molecular flexibility index (Phi) is 5.01. The van der Waals surface area contributed by atoms with E-state index in [4.69, 9.17) is 0 Å². The zero-order valence-corrected chi connectivity index (χ0v) is 17.3. The number of sulfonamides is 1. The zero-order chi connectivity index (χ0) is 19.9. The molecular weight excluding hydrogens is 396 g/mol. The number of likely N-dealkylation sites (tertiary alicyclic amines) is 1. The number of carbonyl (C=O) groups is 2. The van der Waals surface area contributed by atoms with Gasteiger partial charge < -0.3 is 4.90 Å². The Balaban J connectivity index is 1.53. The molecular formula is C20H22N2O4S2. The number of nitrogens with zero attached hydrogens (tertiary/aromatic N) is 2. The van der Waals surface area contributed by atoms with E-state index in [1.54, 1.807) is 16.3 Å². The molecule has 1 atom stereocenters. The van der Waals surface area contributed by atoms with E-state index >= 15 is 0 Å². The first-order valence-electron chi connectivity index (χ1n) is 9.36. The molecule has 4 rings (SSSR count). The zero-order valence-electron chi connectivity index (χ0n) is 15.6. The molecule has 2 aromatic rings. The minimum Gasteiger partial charge on any atom is -0.337 e. The predicted octanol–water partition coefficient (Wildman–Crippen LogP) is 2.95. The van der Waals surface area contributed by atoms with E-state index in [2.05, 4.69) is 0 Å². The van der Waals surface area contributed by atoms with Gasteiger partial charge in [-0.15, -0.1) is 11.3 Å². The Hall–Kier alpha value is -2.19. The van der Waals surface area contributed by atoms with Crippen molar-refractivity contribution in [2.45, 2.75) is 31.4 Å². The lowest BCUT2D eigenvalue weighted by Crippen LogP contribution is -2.49. The number of rotatable bonds is 4. The molecule has 1 aromatic heterocycles. The van der Waals surface area contributed by atoms with Crippen LogP contribution in [-0.2, 0) is 16.4 Å². The molecule has 0 unspecified atom stereocenters. The first kappa shape index (κ1) is 19.1. The van der Waals surface area contributed by atoms with E-state index in [0.29, 0.717) is 42.8 Å². The second-order valence-corrected chi connectivity index (χ2v) is 10.3. The number of hydrogen-bond acceptors (Lipinski definition) is 5. The number of carbonyl (C=O) groups excluding carboxylic acids is 2. The minimum atomic E-state index is -3.54. The molecule has 2 aliphatic heterocycles. The van der Waals surface area contributed by atoms with Crippen LogP contribution >= 0.6 is 11.3 Å². The third kappa shape index (κ3) is 3.35. The van der Waals surface area contributed by atoms with Crippen molar-refractivity contribution < 1.29 is 18.0 Å². The number of piperidine rings is 1. The maximum atomic E-state index is 13.3. The van der Waals surface area contributed by atoms with Gasteiger partial charge in [0, 0.05) is 30.6 Å². The van der Waals surface area contributed by atoms with Crippen LogP contribution < -0.4 is 4.31 Å². The molecule has 0 saturated carbocycles. The third-order valence-corrected chi connectivity index (χ3v) is 8.59. The summed E-state index contributed by atoms with van der Waals surface area (Å²) in [6, 6.07) is 9.19. The van der Waals surface area contributed by atoms with Crippen molar-refractivity contribution >= 4 is 38.7 Å². The highest BCUT2D eigenvalue weighted by atomic mass is 32.2. The van der Waals surface area contributed by atoms with Crippen molar-refractivity contribution in [1.82, 2.24) is 4.90 Å². The maximum absolute atomic E-state index is 13.3. The normalized spacial score (nSPS) is 19.5. The average Bonchev–Trinajstić information content (AvgIpc) is 3.35. The Morgan fingerprint density at radius 1 is 1.18 bits per heavy atom. The fourth-order valence-electron chi connectivity index (χ4n) is 3.91. The molecule has 28 heavy (non-hydrogen) atoms. The Morgan fingerprint density at radius 3 is 2.71 bits per heavy atom. The average molecular weight is 419 g/mol. The molecule has 2 aliphatic rings. The summed E-state index contributed by atoms with van der Waals surface area (Å²) in [5, 5.41) is 1.07. The lowest BCUT2D eigenvalue weighted by Gasteiger charge is -2.34. The monoisotopic (exact) mass is 418 g/mol. The summed E-state index contributed by atoms with van der Waals surface area (Å²) in [7, 11) is -3.54. The summed E-state index contributed by atoms with van der Waals surface area (Å²) < 4.78 is 28.1. The van der Waals surface area contributed by atoms with Gasteiger partial charge in [-0.3, -0.25) is 13.9 Å². The molecule has 0 bridgehead atoms. The van der Waals surface area contributed by atoms with Gasteiger partial charge in [0.2, 0.25) is 10.0 Å². The number of benzene rings is 1. The summed E-state index contributed by atoms with van der Waals surface area (Å²) in [6.45, 7) is 2.65. The molecule has 0 radical (unpaired) electrons. The van der Waals surface area contributed by atoms with Gasteiger partial charge in [-0.2, -0.15) is 0 Å². The van der Waals surface area contributed by atoms with E-state index < -0.39 is 15.3 Å². The van der Waals surface area contributed by atoms with Crippen LogP contribution in [0.1, 0.15) is 45.4 Å². The van der Waals surface area contributed by atoms with Crippen molar-refractivity contribution in [1.29, 1.82) is 0 Å². The first-order chi connectivity index (χ1) is 13.4. The van der Waals surface area contributed by atoms with Crippen molar-refractivity contribution in [3.8, 4) is 0 Å². The quantitative estimate of drug-likeness (QED) is 0.716. The topological polar surface area (TPSA) is 74.8 Å². The fourth-order valence-corrected chi connectivity index (χ4v) is 6.81. The summed E-state index contributed by atoms with van der Waals surface area (Å²) in [6.07, 6.45) is 1.91. The van der Waals surface area contributed by atoms with Crippen molar-refractivity contribution in [3.05, 3.63) is 51.7 Å². The van der Waals surface area contributed by atoms with Gasteiger partial charge in [0.1, 0.15) is 0 Å². The van der Waals surface area contributed by atoms with Crippen LogP contribution in [0.15, 0.2) is 35.7 Å². The Labute approximate surface area is 168 Å². The van der Waals surface area contributed by atoms with Gasteiger partial charge in [0.15, 0.2) is 5.78 Å². The molecule has 0 spiro atoms. The highest BCUT2D eigenvalue weighted by Crippen LogP contribution is 2.33. The summed E-state index contributed by atoms with van der Waals surface area (Å²) in [5.41, 5.74) is 2.32. The van der Waals surface area contributed by atoms with Crippen LogP contribution in [-0.4, -0.2) is 49.9 Å². The third-order valence-electron chi connectivity index (χ3n) is 5.46. The number of amides is 1. The van der Waals surface area contributed by atoms with Gasteiger partial charge in [-0.1, -0.05) is 18.2 Å². The van der Waals surface area contributed by atoms with Gasteiger partial charge >= 0.3 is 0 Å². The van der Waals surface area contributed by atoms with E-state index in [1.165, 1.54) is 22.6 Å². The van der Waals surface area contributed by atoms with Crippen molar-refractivity contribution in [2.24, 2.45) is 0 Å². The van der Waals surface area contributed by atoms with Gasteiger partial charge in [0.05, 0.1) is 15.8 Å². The van der Waals surface area contributed by atoms with Gasteiger partial charge in [0.25, 0.3) is 5.91 Å². The number of Topliss-reactive ketones (excluding diaryl/α,β-unsaturated/α-hetero) is 1.